The molecule has 0 atom stereocenters. The SMILES string of the molecule is COc1ccc(/C=C/C(=O)c2ccccc2NC(=O)C(F)(F)F)cc1OC. The molecular formula is C19H16F3NO4. The van der Waals surface area contributed by atoms with E-state index in [0.29, 0.717) is 17.1 Å². The summed E-state index contributed by atoms with van der Waals surface area (Å²) in [4.78, 5) is 23.5. The van der Waals surface area contributed by atoms with Crippen LogP contribution in [0.2, 0.25) is 0 Å². The maximum Gasteiger partial charge on any atom is 0.471 e. The molecule has 1 N–H and O–H groups in total. The van der Waals surface area contributed by atoms with Crippen LogP contribution in [0.15, 0.2) is 48.5 Å². The normalized spacial score (nSPS) is 11.3. The third kappa shape index (κ3) is 5.10. The Labute approximate surface area is 153 Å². The van der Waals surface area contributed by atoms with Crippen molar-refractivity contribution < 1.29 is 32.2 Å². The number of carbonyl (C=O) groups excluding carboxylic acids is 2. The molecule has 0 spiro atoms. The Hall–Kier alpha value is -3.29. The van der Waals surface area contributed by atoms with Crippen molar-refractivity contribution in [3.8, 4) is 11.5 Å². The van der Waals surface area contributed by atoms with Gasteiger partial charge in [-0.3, -0.25) is 9.59 Å². The van der Waals surface area contributed by atoms with E-state index in [0.717, 1.165) is 0 Å². The molecule has 8 heteroatoms. The van der Waals surface area contributed by atoms with Crippen LogP contribution in [0.5, 0.6) is 11.5 Å². The van der Waals surface area contributed by atoms with Crippen LogP contribution < -0.4 is 14.8 Å². The molecule has 0 aliphatic carbocycles. The number of para-hydroxylation sites is 1. The van der Waals surface area contributed by atoms with E-state index in [9.17, 15) is 22.8 Å². The lowest BCUT2D eigenvalue weighted by Gasteiger charge is -2.10. The molecule has 142 valence electrons. The van der Waals surface area contributed by atoms with Crippen molar-refractivity contribution in [3.05, 3.63) is 59.7 Å². The van der Waals surface area contributed by atoms with Crippen LogP contribution in [0, 0.1) is 0 Å². The van der Waals surface area contributed by atoms with E-state index in [1.807, 2.05) is 0 Å². The van der Waals surface area contributed by atoms with Crippen molar-refractivity contribution >= 4 is 23.5 Å². The Kier molecular flexibility index (Phi) is 6.23. The minimum absolute atomic E-state index is 0.0631. The minimum Gasteiger partial charge on any atom is -0.493 e. The van der Waals surface area contributed by atoms with Gasteiger partial charge in [0.25, 0.3) is 0 Å². The van der Waals surface area contributed by atoms with Crippen LogP contribution in [0.3, 0.4) is 0 Å². The highest BCUT2D eigenvalue weighted by molar-refractivity contribution is 6.12. The summed E-state index contributed by atoms with van der Waals surface area (Å²) >= 11 is 0. The highest BCUT2D eigenvalue weighted by Crippen LogP contribution is 2.28. The number of benzene rings is 2. The number of halogens is 3. The van der Waals surface area contributed by atoms with Gasteiger partial charge in [-0.05, 0) is 35.9 Å². The topological polar surface area (TPSA) is 64.6 Å². The molecule has 0 radical (unpaired) electrons. The van der Waals surface area contributed by atoms with Gasteiger partial charge in [0.1, 0.15) is 0 Å². The second kappa shape index (κ2) is 8.39. The van der Waals surface area contributed by atoms with Gasteiger partial charge in [0.2, 0.25) is 0 Å². The molecule has 0 saturated carbocycles. The van der Waals surface area contributed by atoms with Gasteiger partial charge in [0.15, 0.2) is 17.3 Å². The number of carbonyl (C=O) groups is 2. The number of anilines is 1. The minimum atomic E-state index is -5.05. The van der Waals surface area contributed by atoms with Gasteiger partial charge in [-0.15, -0.1) is 0 Å². The number of ether oxygens (including phenoxy) is 2. The molecule has 2 aromatic carbocycles. The zero-order valence-corrected chi connectivity index (χ0v) is 14.5. The smallest absolute Gasteiger partial charge is 0.471 e. The summed E-state index contributed by atoms with van der Waals surface area (Å²) in [6.07, 6.45) is -2.38. The maximum absolute atomic E-state index is 12.4. The monoisotopic (exact) mass is 379 g/mol. The van der Waals surface area contributed by atoms with Crippen LogP contribution in [0.25, 0.3) is 6.08 Å². The third-order valence-corrected chi connectivity index (χ3v) is 3.53. The van der Waals surface area contributed by atoms with Crippen LogP contribution in [-0.4, -0.2) is 32.1 Å². The quantitative estimate of drug-likeness (QED) is 0.606. The molecule has 27 heavy (non-hydrogen) atoms. The number of hydrogen-bond acceptors (Lipinski definition) is 4. The Morgan fingerprint density at radius 2 is 1.67 bits per heavy atom. The van der Waals surface area contributed by atoms with Crippen LogP contribution in [-0.2, 0) is 4.79 Å². The predicted molar refractivity (Wildman–Crippen MR) is 94.0 cm³/mol. The van der Waals surface area contributed by atoms with Crippen molar-refractivity contribution in [1.29, 1.82) is 0 Å². The predicted octanol–water partition coefficient (Wildman–Crippen LogP) is 4.10. The number of ketones is 1. The summed E-state index contributed by atoms with van der Waals surface area (Å²) in [6.45, 7) is 0. The van der Waals surface area contributed by atoms with E-state index < -0.39 is 17.9 Å². The van der Waals surface area contributed by atoms with E-state index in [1.54, 1.807) is 23.5 Å². The molecule has 0 aliphatic rings. The van der Waals surface area contributed by atoms with Crippen molar-refractivity contribution in [3.63, 3.8) is 0 Å². The highest BCUT2D eigenvalue weighted by Gasteiger charge is 2.39. The van der Waals surface area contributed by atoms with Gasteiger partial charge < -0.3 is 14.8 Å². The molecule has 0 bridgehead atoms. The van der Waals surface area contributed by atoms with Crippen molar-refractivity contribution in [2.45, 2.75) is 6.18 Å². The number of alkyl halides is 3. The van der Waals surface area contributed by atoms with Gasteiger partial charge in [0.05, 0.1) is 19.9 Å². The van der Waals surface area contributed by atoms with Crippen molar-refractivity contribution in [2.75, 3.05) is 19.5 Å². The van der Waals surface area contributed by atoms with Gasteiger partial charge in [-0.1, -0.05) is 24.3 Å². The zero-order valence-electron chi connectivity index (χ0n) is 14.5. The molecule has 5 nitrogen and oxygen atoms in total. The molecule has 1 amide bonds. The third-order valence-electron chi connectivity index (χ3n) is 3.53. The molecule has 2 rings (SSSR count). The van der Waals surface area contributed by atoms with Crippen LogP contribution in [0.1, 0.15) is 15.9 Å². The summed E-state index contributed by atoms with van der Waals surface area (Å²) < 4.78 is 47.6. The van der Waals surface area contributed by atoms with Gasteiger partial charge in [0, 0.05) is 5.56 Å². The van der Waals surface area contributed by atoms with Crippen LogP contribution >= 0.6 is 0 Å². The van der Waals surface area contributed by atoms with Gasteiger partial charge >= 0.3 is 12.1 Å². The summed E-state index contributed by atoms with van der Waals surface area (Å²) in [5.41, 5.74) is 0.339. The summed E-state index contributed by atoms with van der Waals surface area (Å²) in [5.74, 6) is -1.74. The first kappa shape index (κ1) is 20.0. The van der Waals surface area contributed by atoms with Crippen molar-refractivity contribution in [2.24, 2.45) is 0 Å². The summed E-state index contributed by atoms with van der Waals surface area (Å²) in [6, 6.07) is 10.4. The lowest BCUT2D eigenvalue weighted by Crippen LogP contribution is -2.30. The number of hydrogen-bond donors (Lipinski definition) is 1. The molecule has 0 aliphatic heterocycles. The first-order valence-electron chi connectivity index (χ1n) is 7.68. The first-order valence-corrected chi connectivity index (χ1v) is 7.68. The zero-order chi connectivity index (χ0) is 20.0. The van der Waals surface area contributed by atoms with Gasteiger partial charge in [-0.2, -0.15) is 13.2 Å². The molecule has 0 heterocycles. The largest absolute Gasteiger partial charge is 0.493 e. The van der Waals surface area contributed by atoms with Crippen molar-refractivity contribution in [1.82, 2.24) is 0 Å². The fraction of sp³-hybridized carbons (Fsp3) is 0.158. The van der Waals surface area contributed by atoms with E-state index in [4.69, 9.17) is 9.47 Å². The number of amides is 1. The standard InChI is InChI=1S/C19H16F3NO4/c1-26-16-10-8-12(11-17(16)27-2)7-9-15(24)13-5-3-4-6-14(13)23-18(25)19(20,21)22/h3-11H,1-2H3,(H,23,25)/b9-7+. The molecule has 0 aromatic heterocycles. The van der Waals surface area contributed by atoms with E-state index in [-0.39, 0.29) is 11.3 Å². The fourth-order valence-corrected chi connectivity index (χ4v) is 2.22. The number of nitrogens with one attached hydrogen (secondary N) is 1. The molecule has 0 fully saturated rings. The second-order valence-corrected chi connectivity index (χ2v) is 5.31. The van der Waals surface area contributed by atoms with E-state index in [1.165, 1.54) is 50.6 Å². The number of methoxy groups -OCH3 is 2. The Bertz CT molecular complexity index is 875. The highest BCUT2D eigenvalue weighted by atomic mass is 19.4. The second-order valence-electron chi connectivity index (χ2n) is 5.31. The number of rotatable bonds is 6. The van der Waals surface area contributed by atoms with E-state index in [2.05, 4.69) is 0 Å². The molecule has 0 unspecified atom stereocenters. The molecule has 2 aromatic rings. The molecular weight excluding hydrogens is 363 g/mol. The fourth-order valence-electron chi connectivity index (χ4n) is 2.22. The molecule has 0 saturated heterocycles. The Morgan fingerprint density at radius 3 is 2.30 bits per heavy atom. The van der Waals surface area contributed by atoms with Gasteiger partial charge in [-0.25, -0.2) is 0 Å². The average molecular weight is 379 g/mol. The maximum atomic E-state index is 12.4. The Morgan fingerprint density at radius 1 is 1.00 bits per heavy atom. The summed E-state index contributed by atoms with van der Waals surface area (Å²) in [7, 11) is 2.96. The van der Waals surface area contributed by atoms with E-state index >= 15 is 0 Å². The lowest BCUT2D eigenvalue weighted by atomic mass is 10.1. The van der Waals surface area contributed by atoms with Crippen LogP contribution in [0.4, 0.5) is 18.9 Å². The Balaban J connectivity index is 2.24. The first-order chi connectivity index (χ1) is 12.8. The summed E-state index contributed by atoms with van der Waals surface area (Å²) in [5, 5.41) is 1.71. The lowest BCUT2D eigenvalue weighted by molar-refractivity contribution is -0.167. The number of allylic oxidation sites excluding steroid dienone is 1. The average Bonchev–Trinajstić information content (AvgIpc) is 2.65.